The largest absolute Gasteiger partial charge is 0.466 e. The maximum absolute atomic E-state index is 12.5. The molecule has 0 radical (unpaired) electrons. The van der Waals surface area contributed by atoms with Crippen LogP contribution in [0.1, 0.15) is 373 Å². The standard InChI is InChI=1S/C72H135NO5/c1-3-5-7-9-11-13-15-17-19-21-22-23-24-25-27-30-33-36-40-44-48-52-56-60-64-70(75)69(68-74)73-71(76)65-61-57-53-49-45-41-37-34-31-28-26-29-32-35-39-43-47-51-55-59-63-67-78-72(77)66-62-58-54-50-46-42-38-20-18-16-14-12-10-8-6-4-2/h14,16,20,28,31,38,60,64,69-70,74-75H,3-13,15,17-19,21-27,29-30,32-37,39-59,61-63,65-68H2,1-2H3,(H,73,76)/b16-14-,31-28-,38-20-,64-60+. The summed E-state index contributed by atoms with van der Waals surface area (Å²) in [5.74, 6) is -0.0784. The van der Waals surface area contributed by atoms with Crippen molar-refractivity contribution in [1.29, 1.82) is 0 Å². The van der Waals surface area contributed by atoms with E-state index in [0.717, 1.165) is 57.8 Å². The summed E-state index contributed by atoms with van der Waals surface area (Å²) in [5.41, 5.74) is 0. The Bertz CT molecular complexity index is 1310. The van der Waals surface area contributed by atoms with E-state index in [1.807, 2.05) is 6.08 Å². The van der Waals surface area contributed by atoms with E-state index in [9.17, 15) is 19.8 Å². The summed E-state index contributed by atoms with van der Waals surface area (Å²) in [5, 5.41) is 23.3. The molecule has 0 aliphatic heterocycles. The van der Waals surface area contributed by atoms with E-state index in [-0.39, 0.29) is 18.5 Å². The van der Waals surface area contributed by atoms with Gasteiger partial charge in [0.25, 0.3) is 0 Å². The third kappa shape index (κ3) is 63.0. The zero-order chi connectivity index (χ0) is 56.4. The molecule has 0 saturated heterocycles. The van der Waals surface area contributed by atoms with Crippen molar-refractivity contribution in [3.05, 3.63) is 48.6 Å². The molecule has 0 saturated carbocycles. The summed E-state index contributed by atoms with van der Waals surface area (Å²) in [6.07, 6.45) is 87.5. The number of hydrogen-bond acceptors (Lipinski definition) is 5. The van der Waals surface area contributed by atoms with Crippen LogP contribution in [0.2, 0.25) is 0 Å². The molecule has 0 rings (SSSR count). The number of amides is 1. The molecule has 0 aliphatic rings. The first-order valence-corrected chi connectivity index (χ1v) is 34.9. The second kappa shape index (κ2) is 67.3. The van der Waals surface area contributed by atoms with Crippen molar-refractivity contribution in [2.45, 2.75) is 386 Å². The Balaban J connectivity index is 3.46. The smallest absolute Gasteiger partial charge is 0.305 e. The summed E-state index contributed by atoms with van der Waals surface area (Å²) >= 11 is 0. The number of aliphatic hydroxyl groups is 2. The van der Waals surface area contributed by atoms with Gasteiger partial charge in [-0.2, -0.15) is 0 Å². The van der Waals surface area contributed by atoms with Crippen LogP contribution in [-0.4, -0.2) is 47.4 Å². The van der Waals surface area contributed by atoms with Crippen LogP contribution in [0.5, 0.6) is 0 Å². The molecule has 0 fully saturated rings. The van der Waals surface area contributed by atoms with Crippen LogP contribution >= 0.6 is 0 Å². The van der Waals surface area contributed by atoms with Crippen LogP contribution in [0.4, 0.5) is 0 Å². The summed E-state index contributed by atoms with van der Waals surface area (Å²) in [4.78, 5) is 24.6. The first-order chi connectivity index (χ1) is 38.5. The Morgan fingerprint density at radius 1 is 0.359 bits per heavy atom. The van der Waals surface area contributed by atoms with E-state index in [1.54, 1.807) is 6.08 Å². The highest BCUT2D eigenvalue weighted by Gasteiger charge is 2.18. The van der Waals surface area contributed by atoms with Crippen LogP contribution in [0.3, 0.4) is 0 Å². The summed E-state index contributed by atoms with van der Waals surface area (Å²) in [7, 11) is 0. The van der Waals surface area contributed by atoms with Crippen LogP contribution in [-0.2, 0) is 14.3 Å². The Morgan fingerprint density at radius 3 is 1.00 bits per heavy atom. The topological polar surface area (TPSA) is 95.9 Å². The molecule has 3 N–H and O–H groups in total. The van der Waals surface area contributed by atoms with Crippen LogP contribution < -0.4 is 5.32 Å². The Labute approximate surface area is 486 Å². The highest BCUT2D eigenvalue weighted by atomic mass is 16.5. The molecule has 2 atom stereocenters. The number of allylic oxidation sites excluding steroid dienone is 7. The molecule has 0 aromatic carbocycles. The fourth-order valence-electron chi connectivity index (χ4n) is 10.7. The number of rotatable bonds is 65. The number of aliphatic hydroxyl groups excluding tert-OH is 2. The van der Waals surface area contributed by atoms with Crippen LogP contribution in [0, 0.1) is 0 Å². The van der Waals surface area contributed by atoms with Crippen molar-refractivity contribution in [2.24, 2.45) is 0 Å². The van der Waals surface area contributed by atoms with Crippen molar-refractivity contribution in [1.82, 2.24) is 5.32 Å². The molecule has 0 aromatic heterocycles. The average molecular weight is 1090 g/mol. The number of unbranched alkanes of at least 4 members (excludes halogenated alkanes) is 48. The molecule has 458 valence electrons. The molecule has 2 unspecified atom stereocenters. The van der Waals surface area contributed by atoms with Gasteiger partial charge in [0, 0.05) is 12.8 Å². The van der Waals surface area contributed by atoms with Crippen molar-refractivity contribution >= 4 is 11.9 Å². The molecule has 0 heterocycles. The van der Waals surface area contributed by atoms with Gasteiger partial charge in [-0.1, -0.05) is 319 Å². The zero-order valence-corrected chi connectivity index (χ0v) is 52.4. The fraction of sp³-hybridized carbons (Fsp3) is 0.861. The fourth-order valence-corrected chi connectivity index (χ4v) is 10.7. The first-order valence-electron chi connectivity index (χ1n) is 34.9. The van der Waals surface area contributed by atoms with Gasteiger partial charge in [-0.05, 0) is 89.9 Å². The predicted octanol–water partition coefficient (Wildman–Crippen LogP) is 22.5. The van der Waals surface area contributed by atoms with E-state index in [4.69, 9.17) is 4.74 Å². The number of nitrogens with one attached hydrogen (secondary N) is 1. The van der Waals surface area contributed by atoms with E-state index in [2.05, 4.69) is 55.6 Å². The van der Waals surface area contributed by atoms with Gasteiger partial charge in [0.15, 0.2) is 0 Å². The number of carbonyl (C=O) groups is 2. The summed E-state index contributed by atoms with van der Waals surface area (Å²) < 4.78 is 5.48. The van der Waals surface area contributed by atoms with Crippen LogP contribution in [0.15, 0.2) is 48.6 Å². The van der Waals surface area contributed by atoms with Crippen molar-refractivity contribution in [3.63, 3.8) is 0 Å². The quantitative estimate of drug-likeness (QED) is 0.0320. The second-order valence-electron chi connectivity index (χ2n) is 23.9. The summed E-state index contributed by atoms with van der Waals surface area (Å²) in [6.45, 7) is 4.90. The first kappa shape index (κ1) is 75.8. The van der Waals surface area contributed by atoms with E-state index in [1.165, 1.54) is 289 Å². The van der Waals surface area contributed by atoms with Crippen molar-refractivity contribution < 1.29 is 24.5 Å². The Hall–Kier alpha value is -2.18. The molecule has 0 bridgehead atoms. The zero-order valence-electron chi connectivity index (χ0n) is 52.4. The number of esters is 1. The van der Waals surface area contributed by atoms with E-state index >= 15 is 0 Å². The second-order valence-corrected chi connectivity index (χ2v) is 23.9. The molecule has 78 heavy (non-hydrogen) atoms. The minimum Gasteiger partial charge on any atom is -0.466 e. The maximum atomic E-state index is 12.5. The summed E-state index contributed by atoms with van der Waals surface area (Å²) in [6, 6.07) is -0.636. The highest BCUT2D eigenvalue weighted by molar-refractivity contribution is 5.76. The molecular formula is C72H135NO5. The molecule has 0 aromatic rings. The lowest BCUT2D eigenvalue weighted by Gasteiger charge is -2.20. The third-order valence-electron chi connectivity index (χ3n) is 16.1. The maximum Gasteiger partial charge on any atom is 0.305 e. The molecule has 6 heteroatoms. The van der Waals surface area contributed by atoms with Gasteiger partial charge >= 0.3 is 5.97 Å². The van der Waals surface area contributed by atoms with Crippen molar-refractivity contribution in [3.8, 4) is 0 Å². The van der Waals surface area contributed by atoms with Gasteiger partial charge < -0.3 is 20.3 Å². The van der Waals surface area contributed by atoms with Gasteiger partial charge in [-0.25, -0.2) is 0 Å². The Kier molecular flexibility index (Phi) is 65.4. The molecule has 6 nitrogen and oxygen atoms in total. The molecule has 0 spiro atoms. The highest BCUT2D eigenvalue weighted by Crippen LogP contribution is 2.18. The SMILES string of the molecule is CCCCCC/C=C\C/C=C\CCCCCCCC(=O)OCCCCCCCCCCCC/C=C\CCCCCCCCCC(=O)NC(CO)C(O)/C=C/CCCCCCCCCCCCCCCCCCCCCCCC. The molecule has 1 amide bonds. The van der Waals surface area contributed by atoms with Crippen molar-refractivity contribution in [2.75, 3.05) is 13.2 Å². The lowest BCUT2D eigenvalue weighted by atomic mass is 10.0. The monoisotopic (exact) mass is 1090 g/mol. The van der Waals surface area contributed by atoms with Gasteiger partial charge in [-0.15, -0.1) is 0 Å². The van der Waals surface area contributed by atoms with Gasteiger partial charge in [0.05, 0.1) is 25.4 Å². The van der Waals surface area contributed by atoms with Gasteiger partial charge in [-0.3, -0.25) is 9.59 Å². The number of ether oxygens (including phenoxy) is 1. The van der Waals surface area contributed by atoms with E-state index < -0.39 is 12.1 Å². The Morgan fingerprint density at radius 2 is 0.641 bits per heavy atom. The van der Waals surface area contributed by atoms with Crippen LogP contribution in [0.25, 0.3) is 0 Å². The number of hydrogen-bond donors (Lipinski definition) is 3. The number of carbonyl (C=O) groups excluding carboxylic acids is 2. The van der Waals surface area contributed by atoms with Gasteiger partial charge in [0.1, 0.15) is 0 Å². The lowest BCUT2D eigenvalue weighted by Crippen LogP contribution is -2.45. The minimum atomic E-state index is -0.852. The van der Waals surface area contributed by atoms with Gasteiger partial charge in [0.2, 0.25) is 5.91 Å². The lowest BCUT2D eigenvalue weighted by molar-refractivity contribution is -0.143. The molecule has 0 aliphatic carbocycles. The predicted molar refractivity (Wildman–Crippen MR) is 342 cm³/mol. The third-order valence-corrected chi connectivity index (χ3v) is 16.1. The normalized spacial score (nSPS) is 12.8. The average Bonchev–Trinajstić information content (AvgIpc) is 3.44. The molecular weight excluding hydrogens is 959 g/mol. The minimum absolute atomic E-state index is 0.00560. The van der Waals surface area contributed by atoms with E-state index in [0.29, 0.717) is 19.4 Å².